The number of nitrogens with one attached hydrogen (secondary N) is 2. The summed E-state index contributed by atoms with van der Waals surface area (Å²) >= 11 is 0. The summed E-state index contributed by atoms with van der Waals surface area (Å²) in [4.78, 5) is 11.4. The third-order valence-electron chi connectivity index (χ3n) is 2.98. The summed E-state index contributed by atoms with van der Waals surface area (Å²) < 4.78 is 0. The molecule has 0 radical (unpaired) electrons. The van der Waals surface area contributed by atoms with Crippen LogP contribution in [0.5, 0.6) is 0 Å². The van der Waals surface area contributed by atoms with Crippen LogP contribution in [0, 0.1) is 24.2 Å². The molecule has 0 saturated heterocycles. The first-order valence-electron chi connectivity index (χ1n) is 6.23. The van der Waals surface area contributed by atoms with Gasteiger partial charge in [0.25, 0.3) is 0 Å². The van der Waals surface area contributed by atoms with Gasteiger partial charge in [0, 0.05) is 19.0 Å². The summed E-state index contributed by atoms with van der Waals surface area (Å²) in [5.41, 5.74) is 2.57. The average Bonchev–Trinajstić information content (AvgIpc) is 3.19. The van der Waals surface area contributed by atoms with Gasteiger partial charge in [0.05, 0.1) is 11.3 Å². The van der Waals surface area contributed by atoms with Crippen LogP contribution in [0.25, 0.3) is 0 Å². The Labute approximate surface area is 107 Å². The van der Waals surface area contributed by atoms with Crippen molar-refractivity contribution < 1.29 is 4.79 Å². The maximum Gasteiger partial charge on any atom is 0.223 e. The van der Waals surface area contributed by atoms with Crippen LogP contribution in [0.2, 0.25) is 0 Å². The summed E-state index contributed by atoms with van der Waals surface area (Å²) in [6.45, 7) is 3.21. The van der Waals surface area contributed by atoms with Gasteiger partial charge in [-0.1, -0.05) is 6.07 Å². The number of amides is 1. The van der Waals surface area contributed by atoms with Crippen molar-refractivity contribution >= 4 is 11.6 Å². The van der Waals surface area contributed by atoms with E-state index in [1.807, 2.05) is 19.1 Å². The van der Waals surface area contributed by atoms with Crippen LogP contribution in [-0.4, -0.2) is 19.0 Å². The van der Waals surface area contributed by atoms with E-state index in [0.29, 0.717) is 18.7 Å². The molecule has 18 heavy (non-hydrogen) atoms. The molecule has 0 heterocycles. The van der Waals surface area contributed by atoms with Gasteiger partial charge in [-0.15, -0.1) is 0 Å². The zero-order valence-corrected chi connectivity index (χ0v) is 10.5. The van der Waals surface area contributed by atoms with Gasteiger partial charge in [-0.25, -0.2) is 0 Å². The zero-order chi connectivity index (χ0) is 13.0. The molecule has 1 aromatic carbocycles. The molecule has 94 valence electrons. The van der Waals surface area contributed by atoms with Gasteiger partial charge in [0.2, 0.25) is 5.91 Å². The topological polar surface area (TPSA) is 64.9 Å². The molecule has 0 aliphatic heterocycles. The molecule has 1 amide bonds. The molecule has 1 saturated carbocycles. The van der Waals surface area contributed by atoms with Gasteiger partial charge in [-0.05, 0) is 37.5 Å². The molecule has 2 rings (SSSR count). The van der Waals surface area contributed by atoms with E-state index < -0.39 is 0 Å². The van der Waals surface area contributed by atoms with Crippen molar-refractivity contribution in [3.63, 3.8) is 0 Å². The maximum absolute atomic E-state index is 11.4. The first kappa shape index (κ1) is 12.4. The van der Waals surface area contributed by atoms with Crippen molar-refractivity contribution in [1.29, 1.82) is 5.26 Å². The SMILES string of the molecule is Cc1ccc(C#N)c(NCCNC(=O)C2CC2)c1. The fraction of sp³-hybridized carbons (Fsp3) is 0.429. The number of nitriles is 1. The zero-order valence-electron chi connectivity index (χ0n) is 10.5. The molecule has 1 fully saturated rings. The van der Waals surface area contributed by atoms with Crippen LogP contribution in [0.3, 0.4) is 0 Å². The summed E-state index contributed by atoms with van der Waals surface area (Å²) in [6, 6.07) is 7.82. The van der Waals surface area contributed by atoms with Gasteiger partial charge < -0.3 is 10.6 Å². The summed E-state index contributed by atoms with van der Waals surface area (Å²) in [7, 11) is 0. The van der Waals surface area contributed by atoms with Crippen molar-refractivity contribution in [2.75, 3.05) is 18.4 Å². The third-order valence-corrected chi connectivity index (χ3v) is 2.98. The van der Waals surface area contributed by atoms with Crippen molar-refractivity contribution in [3.8, 4) is 6.07 Å². The van der Waals surface area contributed by atoms with Crippen molar-refractivity contribution in [1.82, 2.24) is 5.32 Å². The van der Waals surface area contributed by atoms with E-state index in [9.17, 15) is 4.79 Å². The highest BCUT2D eigenvalue weighted by Crippen LogP contribution is 2.28. The summed E-state index contributed by atoms with van der Waals surface area (Å²) in [5.74, 6) is 0.403. The number of rotatable bonds is 5. The molecule has 1 aliphatic rings. The Morgan fingerprint density at radius 3 is 2.89 bits per heavy atom. The lowest BCUT2D eigenvalue weighted by Crippen LogP contribution is -2.29. The van der Waals surface area contributed by atoms with E-state index in [2.05, 4.69) is 16.7 Å². The van der Waals surface area contributed by atoms with Crippen LogP contribution in [0.15, 0.2) is 18.2 Å². The first-order valence-corrected chi connectivity index (χ1v) is 6.23. The first-order chi connectivity index (χ1) is 8.70. The number of hydrogen-bond donors (Lipinski definition) is 2. The Kier molecular flexibility index (Phi) is 3.83. The molecule has 4 nitrogen and oxygen atoms in total. The normalized spacial score (nSPS) is 13.8. The number of benzene rings is 1. The number of carbonyl (C=O) groups is 1. The monoisotopic (exact) mass is 243 g/mol. The fourth-order valence-electron chi connectivity index (χ4n) is 1.77. The van der Waals surface area contributed by atoms with Gasteiger partial charge >= 0.3 is 0 Å². The molecular weight excluding hydrogens is 226 g/mol. The number of nitrogens with zero attached hydrogens (tertiary/aromatic N) is 1. The minimum Gasteiger partial charge on any atom is -0.382 e. The van der Waals surface area contributed by atoms with Crippen LogP contribution < -0.4 is 10.6 Å². The van der Waals surface area contributed by atoms with Crippen molar-refractivity contribution in [2.45, 2.75) is 19.8 Å². The highest BCUT2D eigenvalue weighted by molar-refractivity contribution is 5.80. The Morgan fingerprint density at radius 2 is 2.22 bits per heavy atom. The second-order valence-corrected chi connectivity index (χ2v) is 4.65. The van der Waals surface area contributed by atoms with E-state index in [1.165, 1.54) is 0 Å². The highest BCUT2D eigenvalue weighted by Gasteiger charge is 2.28. The van der Waals surface area contributed by atoms with Gasteiger partial charge in [0.15, 0.2) is 0 Å². The number of carbonyl (C=O) groups excluding carboxylic acids is 1. The Morgan fingerprint density at radius 1 is 1.44 bits per heavy atom. The van der Waals surface area contributed by atoms with Crippen molar-refractivity contribution in [3.05, 3.63) is 29.3 Å². The van der Waals surface area contributed by atoms with Crippen LogP contribution in [-0.2, 0) is 4.79 Å². The maximum atomic E-state index is 11.4. The molecule has 0 unspecified atom stereocenters. The van der Waals surface area contributed by atoms with Gasteiger partial charge in [-0.2, -0.15) is 5.26 Å². The van der Waals surface area contributed by atoms with Gasteiger partial charge in [0.1, 0.15) is 6.07 Å². The predicted molar refractivity (Wildman–Crippen MR) is 70.1 cm³/mol. The van der Waals surface area contributed by atoms with Crippen LogP contribution in [0.4, 0.5) is 5.69 Å². The summed E-state index contributed by atoms with van der Waals surface area (Å²) in [6.07, 6.45) is 2.05. The minimum atomic E-state index is 0.154. The fourth-order valence-corrected chi connectivity index (χ4v) is 1.77. The molecule has 0 aromatic heterocycles. The van der Waals surface area contributed by atoms with Crippen LogP contribution >= 0.6 is 0 Å². The second kappa shape index (κ2) is 5.54. The number of anilines is 1. The van der Waals surface area contributed by atoms with E-state index in [-0.39, 0.29) is 11.8 Å². The number of hydrogen-bond acceptors (Lipinski definition) is 3. The van der Waals surface area contributed by atoms with E-state index in [0.717, 1.165) is 24.1 Å². The molecular formula is C14H17N3O. The lowest BCUT2D eigenvalue weighted by molar-refractivity contribution is -0.122. The number of aryl methyl sites for hydroxylation is 1. The Balaban J connectivity index is 1.80. The average molecular weight is 243 g/mol. The molecule has 0 bridgehead atoms. The predicted octanol–water partition coefficient (Wildman–Crippen LogP) is 1.80. The minimum absolute atomic E-state index is 0.154. The van der Waals surface area contributed by atoms with Crippen molar-refractivity contribution in [2.24, 2.45) is 5.92 Å². The smallest absolute Gasteiger partial charge is 0.223 e. The second-order valence-electron chi connectivity index (χ2n) is 4.65. The molecule has 0 atom stereocenters. The van der Waals surface area contributed by atoms with E-state index >= 15 is 0 Å². The van der Waals surface area contributed by atoms with E-state index in [4.69, 9.17) is 5.26 Å². The van der Waals surface area contributed by atoms with E-state index in [1.54, 1.807) is 6.07 Å². The largest absolute Gasteiger partial charge is 0.382 e. The molecule has 1 aromatic rings. The molecule has 1 aliphatic carbocycles. The molecule has 4 heteroatoms. The molecule has 0 spiro atoms. The quantitative estimate of drug-likeness (QED) is 0.775. The van der Waals surface area contributed by atoms with Crippen LogP contribution in [0.1, 0.15) is 24.0 Å². The lowest BCUT2D eigenvalue weighted by atomic mass is 10.1. The standard InChI is InChI=1S/C14H17N3O/c1-10-2-3-12(9-15)13(8-10)16-6-7-17-14(18)11-4-5-11/h2-3,8,11,16H,4-7H2,1H3,(H,17,18). The Hall–Kier alpha value is -2.02. The lowest BCUT2D eigenvalue weighted by Gasteiger charge is -2.09. The summed E-state index contributed by atoms with van der Waals surface area (Å²) in [5, 5.41) is 15.0. The molecule has 2 N–H and O–H groups in total. The Bertz CT molecular complexity index is 486. The third kappa shape index (κ3) is 3.24. The van der Waals surface area contributed by atoms with Gasteiger partial charge in [-0.3, -0.25) is 4.79 Å². The highest BCUT2D eigenvalue weighted by atomic mass is 16.2.